The Hall–Kier alpha value is -1.39. The number of amides is 1. The third-order valence-electron chi connectivity index (χ3n) is 4.81. The molecular formula is C16H20N2O2. The molecule has 1 amide bonds. The van der Waals surface area contributed by atoms with E-state index in [4.69, 9.17) is 4.74 Å². The Kier molecular flexibility index (Phi) is 3.00. The molecular weight excluding hydrogens is 252 g/mol. The van der Waals surface area contributed by atoms with Gasteiger partial charge in [0, 0.05) is 12.1 Å². The van der Waals surface area contributed by atoms with Crippen molar-refractivity contribution in [1.29, 1.82) is 0 Å². The van der Waals surface area contributed by atoms with Gasteiger partial charge in [0.15, 0.2) is 0 Å². The van der Waals surface area contributed by atoms with E-state index in [1.54, 1.807) is 0 Å². The Balaban J connectivity index is 1.54. The fourth-order valence-electron chi connectivity index (χ4n) is 3.78. The van der Waals surface area contributed by atoms with Crippen LogP contribution in [0.3, 0.4) is 0 Å². The molecule has 4 heteroatoms. The predicted molar refractivity (Wildman–Crippen MR) is 75.6 cm³/mol. The minimum absolute atomic E-state index is 0.0740. The number of fused-ring (bicyclic) bond motifs is 3. The molecule has 2 N–H and O–H groups in total. The van der Waals surface area contributed by atoms with Crippen molar-refractivity contribution in [3.8, 4) is 0 Å². The van der Waals surface area contributed by atoms with Gasteiger partial charge in [0.2, 0.25) is 0 Å². The van der Waals surface area contributed by atoms with E-state index < -0.39 is 0 Å². The van der Waals surface area contributed by atoms with Crippen LogP contribution in [0.2, 0.25) is 0 Å². The summed E-state index contributed by atoms with van der Waals surface area (Å²) in [6.07, 6.45) is 4.78. The number of carbonyl (C=O) groups is 1. The fourth-order valence-corrected chi connectivity index (χ4v) is 3.78. The molecule has 0 aromatic heterocycles. The molecule has 0 aliphatic carbocycles. The first kappa shape index (κ1) is 12.4. The molecule has 2 fully saturated rings. The van der Waals surface area contributed by atoms with Crippen LogP contribution in [0.1, 0.15) is 40.7 Å². The van der Waals surface area contributed by atoms with Crippen molar-refractivity contribution in [3.63, 3.8) is 0 Å². The number of hydrogen-bond acceptors (Lipinski definition) is 3. The molecule has 1 aromatic rings. The SMILES string of the molecule is O=C(NC1CC2CCC1O2)c1cccc2c1CCNC2. The van der Waals surface area contributed by atoms with Crippen molar-refractivity contribution in [3.05, 3.63) is 34.9 Å². The number of hydrogen-bond donors (Lipinski definition) is 2. The summed E-state index contributed by atoms with van der Waals surface area (Å²) < 4.78 is 5.81. The first-order valence-corrected chi connectivity index (χ1v) is 7.59. The molecule has 0 saturated carbocycles. The van der Waals surface area contributed by atoms with Gasteiger partial charge in [0.25, 0.3) is 5.91 Å². The summed E-state index contributed by atoms with van der Waals surface area (Å²) in [4.78, 5) is 12.6. The van der Waals surface area contributed by atoms with Crippen LogP contribution in [0.5, 0.6) is 0 Å². The first-order valence-electron chi connectivity index (χ1n) is 7.59. The minimum Gasteiger partial charge on any atom is -0.373 e. The Labute approximate surface area is 118 Å². The molecule has 0 spiro atoms. The summed E-state index contributed by atoms with van der Waals surface area (Å²) >= 11 is 0. The van der Waals surface area contributed by atoms with Crippen molar-refractivity contribution in [1.82, 2.24) is 10.6 Å². The van der Waals surface area contributed by atoms with Crippen LogP contribution in [-0.4, -0.2) is 30.7 Å². The Morgan fingerprint density at radius 1 is 1.35 bits per heavy atom. The highest BCUT2D eigenvalue weighted by Crippen LogP contribution is 2.34. The lowest BCUT2D eigenvalue weighted by atomic mass is 9.93. The lowest BCUT2D eigenvalue weighted by Gasteiger charge is -2.23. The van der Waals surface area contributed by atoms with Crippen LogP contribution in [0.25, 0.3) is 0 Å². The van der Waals surface area contributed by atoms with Gasteiger partial charge in [0.1, 0.15) is 0 Å². The maximum Gasteiger partial charge on any atom is 0.251 e. The number of nitrogens with one attached hydrogen (secondary N) is 2. The van der Waals surface area contributed by atoms with E-state index in [9.17, 15) is 4.79 Å². The molecule has 3 atom stereocenters. The molecule has 3 aliphatic heterocycles. The lowest BCUT2D eigenvalue weighted by Crippen LogP contribution is -2.42. The van der Waals surface area contributed by atoms with E-state index in [0.29, 0.717) is 6.10 Å². The summed E-state index contributed by atoms with van der Waals surface area (Å²) in [6.45, 7) is 1.82. The quantitative estimate of drug-likeness (QED) is 0.855. The van der Waals surface area contributed by atoms with Gasteiger partial charge in [-0.1, -0.05) is 12.1 Å². The molecule has 0 radical (unpaired) electrons. The monoisotopic (exact) mass is 272 g/mol. The normalized spacial score (nSPS) is 31.1. The molecule has 3 heterocycles. The molecule has 2 bridgehead atoms. The zero-order valence-electron chi connectivity index (χ0n) is 11.5. The second kappa shape index (κ2) is 4.86. The lowest BCUT2D eigenvalue weighted by molar-refractivity contribution is 0.0840. The average Bonchev–Trinajstić information content (AvgIpc) is 3.09. The molecule has 3 unspecified atom stereocenters. The van der Waals surface area contributed by atoms with Gasteiger partial charge in [-0.3, -0.25) is 4.79 Å². The molecule has 106 valence electrons. The van der Waals surface area contributed by atoms with Crippen molar-refractivity contribution < 1.29 is 9.53 Å². The standard InChI is InChI=1S/C16H20N2O2/c19-16(18-14-8-11-4-5-15(14)20-11)13-3-1-2-10-9-17-7-6-12(10)13/h1-3,11,14-15,17H,4-9H2,(H,18,19). The second-order valence-corrected chi connectivity index (χ2v) is 6.06. The largest absolute Gasteiger partial charge is 0.373 e. The van der Waals surface area contributed by atoms with Crippen molar-refractivity contribution in [2.45, 2.75) is 50.5 Å². The summed E-state index contributed by atoms with van der Waals surface area (Å²) in [5.74, 6) is 0.0740. The van der Waals surface area contributed by atoms with E-state index in [1.807, 2.05) is 12.1 Å². The third-order valence-corrected chi connectivity index (χ3v) is 4.81. The van der Waals surface area contributed by atoms with Crippen molar-refractivity contribution in [2.75, 3.05) is 6.54 Å². The van der Waals surface area contributed by atoms with Crippen molar-refractivity contribution in [2.24, 2.45) is 0 Å². The van der Waals surface area contributed by atoms with E-state index in [1.165, 1.54) is 11.1 Å². The number of carbonyl (C=O) groups excluding carboxylic acids is 1. The van der Waals surface area contributed by atoms with Gasteiger partial charge in [-0.15, -0.1) is 0 Å². The van der Waals surface area contributed by atoms with E-state index >= 15 is 0 Å². The maximum atomic E-state index is 12.6. The van der Waals surface area contributed by atoms with Gasteiger partial charge >= 0.3 is 0 Å². The Bertz CT molecular complexity index is 543. The van der Waals surface area contributed by atoms with Gasteiger partial charge in [-0.2, -0.15) is 0 Å². The maximum absolute atomic E-state index is 12.6. The number of benzene rings is 1. The molecule has 1 aromatic carbocycles. The van der Waals surface area contributed by atoms with Crippen LogP contribution in [0.4, 0.5) is 0 Å². The van der Waals surface area contributed by atoms with E-state index in [0.717, 1.165) is 44.3 Å². The molecule has 20 heavy (non-hydrogen) atoms. The zero-order valence-corrected chi connectivity index (χ0v) is 11.5. The van der Waals surface area contributed by atoms with Crippen LogP contribution in [0.15, 0.2) is 18.2 Å². The summed E-state index contributed by atoms with van der Waals surface area (Å²) in [6, 6.07) is 6.25. The van der Waals surface area contributed by atoms with Gasteiger partial charge in [-0.25, -0.2) is 0 Å². The smallest absolute Gasteiger partial charge is 0.251 e. The van der Waals surface area contributed by atoms with E-state index in [2.05, 4.69) is 16.7 Å². The van der Waals surface area contributed by atoms with Crippen LogP contribution in [-0.2, 0) is 17.7 Å². The van der Waals surface area contributed by atoms with Crippen LogP contribution < -0.4 is 10.6 Å². The highest BCUT2D eigenvalue weighted by atomic mass is 16.5. The number of ether oxygens (including phenoxy) is 1. The zero-order chi connectivity index (χ0) is 13.5. The topological polar surface area (TPSA) is 50.4 Å². The molecule has 4 rings (SSSR count). The summed E-state index contributed by atoms with van der Waals surface area (Å²) in [7, 11) is 0. The van der Waals surface area contributed by atoms with Crippen LogP contribution >= 0.6 is 0 Å². The Morgan fingerprint density at radius 3 is 3.10 bits per heavy atom. The van der Waals surface area contributed by atoms with Crippen LogP contribution in [0, 0.1) is 0 Å². The predicted octanol–water partition coefficient (Wildman–Crippen LogP) is 1.38. The first-order chi connectivity index (χ1) is 9.81. The van der Waals surface area contributed by atoms with Crippen molar-refractivity contribution >= 4 is 5.91 Å². The third kappa shape index (κ3) is 2.03. The highest BCUT2D eigenvalue weighted by Gasteiger charge is 2.41. The fraction of sp³-hybridized carbons (Fsp3) is 0.562. The van der Waals surface area contributed by atoms with Gasteiger partial charge < -0.3 is 15.4 Å². The Morgan fingerprint density at radius 2 is 2.30 bits per heavy atom. The molecule has 4 nitrogen and oxygen atoms in total. The molecule has 2 saturated heterocycles. The minimum atomic E-state index is 0.0740. The van der Waals surface area contributed by atoms with E-state index in [-0.39, 0.29) is 18.1 Å². The van der Waals surface area contributed by atoms with Gasteiger partial charge in [-0.05, 0) is 49.4 Å². The summed E-state index contributed by atoms with van der Waals surface area (Å²) in [5.41, 5.74) is 3.33. The van der Waals surface area contributed by atoms with Gasteiger partial charge in [0.05, 0.1) is 18.2 Å². The summed E-state index contributed by atoms with van der Waals surface area (Å²) in [5, 5.41) is 6.54. The second-order valence-electron chi connectivity index (χ2n) is 6.06. The average molecular weight is 272 g/mol. The number of rotatable bonds is 2. The molecule has 3 aliphatic rings. The highest BCUT2D eigenvalue weighted by molar-refractivity contribution is 5.96.